The Labute approximate surface area is 177 Å². The Morgan fingerprint density at radius 3 is 2.67 bits per heavy atom. The number of aliphatic imine (C=N–C) groups is 1. The molecule has 1 aromatic heterocycles. The second-order valence-electron chi connectivity index (χ2n) is 5.47. The van der Waals surface area contributed by atoms with Crippen molar-refractivity contribution in [1.29, 1.82) is 0 Å². The van der Waals surface area contributed by atoms with Crippen LogP contribution in [0.5, 0.6) is 17.4 Å². The van der Waals surface area contributed by atoms with Gasteiger partial charge in [0.1, 0.15) is 0 Å². The molecular weight excluding hydrogens is 459 g/mol. The highest BCUT2D eigenvalue weighted by molar-refractivity contribution is 14.0. The maximum Gasteiger partial charge on any atom is 0.218 e. The molecule has 0 amide bonds. The first-order chi connectivity index (χ1) is 12.7. The Morgan fingerprint density at radius 1 is 1.19 bits per heavy atom. The van der Waals surface area contributed by atoms with Gasteiger partial charge in [-0.1, -0.05) is 12.1 Å². The second kappa shape index (κ2) is 12.2. The van der Waals surface area contributed by atoms with Crippen LogP contribution in [0.3, 0.4) is 0 Å². The van der Waals surface area contributed by atoms with Gasteiger partial charge in [-0.05, 0) is 37.1 Å². The van der Waals surface area contributed by atoms with E-state index in [1.807, 2.05) is 37.3 Å². The van der Waals surface area contributed by atoms with Crippen molar-refractivity contribution in [2.75, 3.05) is 27.4 Å². The van der Waals surface area contributed by atoms with Gasteiger partial charge in [0.25, 0.3) is 0 Å². The molecule has 3 N–H and O–H groups in total. The van der Waals surface area contributed by atoms with Crippen LogP contribution < -0.4 is 25.3 Å². The van der Waals surface area contributed by atoms with Crippen LogP contribution in [0, 0.1) is 0 Å². The molecule has 0 saturated heterocycles. The number of hydrogen-bond acceptors (Lipinski definition) is 5. The lowest BCUT2D eigenvalue weighted by atomic mass is 10.1. The van der Waals surface area contributed by atoms with Crippen LogP contribution >= 0.6 is 24.0 Å². The quantitative estimate of drug-likeness (QED) is 0.322. The van der Waals surface area contributed by atoms with Crippen LogP contribution in [0.4, 0.5) is 0 Å². The van der Waals surface area contributed by atoms with E-state index in [-0.39, 0.29) is 24.0 Å². The molecule has 2 rings (SSSR count). The highest BCUT2D eigenvalue weighted by Crippen LogP contribution is 2.27. The molecule has 0 saturated carbocycles. The van der Waals surface area contributed by atoms with Gasteiger partial charge < -0.3 is 25.3 Å². The van der Waals surface area contributed by atoms with E-state index in [9.17, 15) is 0 Å². The standard InChI is InChI=1S/C19H26N4O3.HI/c1-4-26-18-15(6-5-10-21-18)13-23-19(20)22-11-9-14-7-8-16(24-2)17(12-14)25-3;/h5-8,10,12H,4,9,11,13H2,1-3H3,(H3,20,22,23);1H. The van der Waals surface area contributed by atoms with Crippen LogP contribution in [-0.2, 0) is 13.0 Å². The highest BCUT2D eigenvalue weighted by Gasteiger charge is 2.05. The Morgan fingerprint density at radius 2 is 1.96 bits per heavy atom. The third-order valence-electron chi connectivity index (χ3n) is 3.72. The molecule has 0 bridgehead atoms. The summed E-state index contributed by atoms with van der Waals surface area (Å²) in [6.45, 7) is 3.56. The molecule has 0 aliphatic heterocycles. The van der Waals surface area contributed by atoms with Crippen molar-refractivity contribution in [3.63, 3.8) is 0 Å². The summed E-state index contributed by atoms with van der Waals surface area (Å²) in [6, 6.07) is 9.63. The van der Waals surface area contributed by atoms with E-state index in [1.54, 1.807) is 20.4 Å². The van der Waals surface area contributed by atoms with Crippen molar-refractivity contribution < 1.29 is 14.2 Å². The summed E-state index contributed by atoms with van der Waals surface area (Å²) in [5.41, 5.74) is 7.97. The molecule has 0 unspecified atom stereocenters. The van der Waals surface area contributed by atoms with Crippen molar-refractivity contribution in [3.8, 4) is 17.4 Å². The summed E-state index contributed by atoms with van der Waals surface area (Å²) < 4.78 is 16.0. The number of pyridine rings is 1. The van der Waals surface area contributed by atoms with Gasteiger partial charge in [0.2, 0.25) is 5.88 Å². The molecule has 0 aliphatic rings. The third kappa shape index (κ3) is 7.12. The molecule has 7 nitrogen and oxygen atoms in total. The molecule has 8 heteroatoms. The van der Waals surface area contributed by atoms with Crippen molar-refractivity contribution in [1.82, 2.24) is 10.3 Å². The molecule has 27 heavy (non-hydrogen) atoms. The van der Waals surface area contributed by atoms with Gasteiger partial charge in [-0.15, -0.1) is 24.0 Å². The molecule has 1 aromatic carbocycles. The SMILES string of the molecule is CCOc1ncccc1CN=C(N)NCCc1ccc(OC)c(OC)c1.I. The number of halogens is 1. The zero-order valence-corrected chi connectivity index (χ0v) is 18.2. The summed E-state index contributed by atoms with van der Waals surface area (Å²) in [4.78, 5) is 8.55. The number of nitrogens with zero attached hydrogens (tertiary/aromatic N) is 2. The highest BCUT2D eigenvalue weighted by atomic mass is 127. The third-order valence-corrected chi connectivity index (χ3v) is 3.72. The Hall–Kier alpha value is -2.23. The normalized spacial score (nSPS) is 10.7. The Balaban J connectivity index is 0.00000364. The number of hydrogen-bond donors (Lipinski definition) is 2. The van der Waals surface area contributed by atoms with Crippen LogP contribution in [0.1, 0.15) is 18.1 Å². The first kappa shape index (κ1) is 22.8. The number of guanidine groups is 1. The van der Waals surface area contributed by atoms with Crippen LogP contribution in [0.15, 0.2) is 41.5 Å². The van der Waals surface area contributed by atoms with Gasteiger partial charge in [-0.25, -0.2) is 9.98 Å². The van der Waals surface area contributed by atoms with E-state index in [1.165, 1.54) is 0 Å². The predicted octanol–water partition coefficient (Wildman–Crippen LogP) is 2.76. The average molecular weight is 486 g/mol. The van der Waals surface area contributed by atoms with Gasteiger partial charge in [0, 0.05) is 18.3 Å². The van der Waals surface area contributed by atoms with Crippen molar-refractivity contribution in [3.05, 3.63) is 47.7 Å². The van der Waals surface area contributed by atoms with Gasteiger partial charge in [-0.3, -0.25) is 0 Å². The minimum Gasteiger partial charge on any atom is -0.493 e. The zero-order chi connectivity index (χ0) is 18.8. The molecule has 0 spiro atoms. The summed E-state index contributed by atoms with van der Waals surface area (Å²) in [6.07, 6.45) is 2.48. The summed E-state index contributed by atoms with van der Waals surface area (Å²) in [7, 11) is 3.24. The fourth-order valence-corrected chi connectivity index (χ4v) is 2.41. The fourth-order valence-electron chi connectivity index (χ4n) is 2.41. The van der Waals surface area contributed by atoms with E-state index < -0.39 is 0 Å². The summed E-state index contributed by atoms with van der Waals surface area (Å²) in [5, 5.41) is 3.11. The predicted molar refractivity (Wildman–Crippen MR) is 117 cm³/mol. The number of rotatable bonds is 9. The molecule has 148 valence electrons. The number of nitrogens with two attached hydrogens (primary N) is 1. The maximum absolute atomic E-state index is 5.94. The minimum absolute atomic E-state index is 0. The first-order valence-corrected chi connectivity index (χ1v) is 8.49. The average Bonchev–Trinajstić information content (AvgIpc) is 2.67. The van der Waals surface area contributed by atoms with Gasteiger partial charge in [-0.2, -0.15) is 0 Å². The van der Waals surface area contributed by atoms with Crippen LogP contribution in [0.2, 0.25) is 0 Å². The molecular formula is C19H27IN4O3. The van der Waals surface area contributed by atoms with Crippen LogP contribution in [-0.4, -0.2) is 38.3 Å². The molecule has 0 fully saturated rings. The molecule has 0 atom stereocenters. The van der Waals surface area contributed by atoms with E-state index in [2.05, 4.69) is 15.3 Å². The Bertz CT molecular complexity index is 741. The lowest BCUT2D eigenvalue weighted by Gasteiger charge is -2.10. The van der Waals surface area contributed by atoms with Gasteiger partial charge in [0.05, 0.1) is 27.4 Å². The Kier molecular flexibility index (Phi) is 10.3. The number of aromatic nitrogens is 1. The number of nitrogens with one attached hydrogen (secondary N) is 1. The van der Waals surface area contributed by atoms with E-state index in [0.717, 1.165) is 17.5 Å². The summed E-state index contributed by atoms with van der Waals surface area (Å²) in [5.74, 6) is 2.41. The van der Waals surface area contributed by atoms with Gasteiger partial charge >= 0.3 is 0 Å². The van der Waals surface area contributed by atoms with Crippen molar-refractivity contribution >= 4 is 29.9 Å². The fraction of sp³-hybridized carbons (Fsp3) is 0.368. The lowest BCUT2D eigenvalue weighted by molar-refractivity contribution is 0.323. The van der Waals surface area contributed by atoms with E-state index >= 15 is 0 Å². The number of ether oxygens (including phenoxy) is 3. The van der Waals surface area contributed by atoms with E-state index in [0.29, 0.717) is 43.0 Å². The number of benzene rings is 1. The maximum atomic E-state index is 5.94. The molecule has 0 aliphatic carbocycles. The topological polar surface area (TPSA) is 91.0 Å². The lowest BCUT2D eigenvalue weighted by Crippen LogP contribution is -2.33. The second-order valence-corrected chi connectivity index (χ2v) is 5.47. The largest absolute Gasteiger partial charge is 0.493 e. The summed E-state index contributed by atoms with van der Waals surface area (Å²) >= 11 is 0. The van der Waals surface area contributed by atoms with Crippen molar-refractivity contribution in [2.45, 2.75) is 19.9 Å². The smallest absolute Gasteiger partial charge is 0.218 e. The zero-order valence-electron chi connectivity index (χ0n) is 15.9. The van der Waals surface area contributed by atoms with Crippen molar-refractivity contribution in [2.24, 2.45) is 10.7 Å². The van der Waals surface area contributed by atoms with Crippen LogP contribution in [0.25, 0.3) is 0 Å². The molecule has 2 aromatic rings. The molecule has 0 radical (unpaired) electrons. The van der Waals surface area contributed by atoms with Gasteiger partial charge in [0.15, 0.2) is 17.5 Å². The first-order valence-electron chi connectivity index (χ1n) is 8.49. The monoisotopic (exact) mass is 486 g/mol. The number of methoxy groups -OCH3 is 2. The van der Waals surface area contributed by atoms with E-state index in [4.69, 9.17) is 19.9 Å². The molecule has 1 heterocycles. The minimum atomic E-state index is 0.